The highest BCUT2D eigenvalue weighted by Gasteiger charge is 2.41. The molecule has 0 saturated heterocycles. The summed E-state index contributed by atoms with van der Waals surface area (Å²) in [6.45, 7) is 0. The molecule has 4 heterocycles. The highest BCUT2D eigenvalue weighted by Crippen LogP contribution is 2.35. The molecule has 8 nitrogen and oxygen atoms in total. The lowest BCUT2D eigenvalue weighted by Gasteiger charge is -2.24. The zero-order chi connectivity index (χ0) is 25.0. The van der Waals surface area contributed by atoms with Crippen molar-refractivity contribution in [1.29, 1.82) is 0 Å². The number of benzene rings is 1. The molecule has 38 heavy (non-hydrogen) atoms. The fourth-order valence-electron chi connectivity index (χ4n) is 4.70. The summed E-state index contributed by atoms with van der Waals surface area (Å²) in [4.78, 5) is 15.9. The van der Waals surface area contributed by atoms with Gasteiger partial charge in [0.05, 0.1) is 18.0 Å². The van der Waals surface area contributed by atoms with Gasteiger partial charge in [0, 0.05) is 34.4 Å². The van der Waals surface area contributed by atoms with Gasteiger partial charge >= 0.3 is 6.18 Å². The maximum absolute atomic E-state index is 13.8. The van der Waals surface area contributed by atoms with Crippen LogP contribution in [-0.2, 0) is 12.8 Å². The van der Waals surface area contributed by atoms with Crippen LogP contribution >= 0.6 is 27.0 Å². The lowest BCUT2D eigenvalue weighted by atomic mass is 9.91. The molecule has 6 rings (SSSR count). The van der Waals surface area contributed by atoms with Crippen molar-refractivity contribution in [3.63, 3.8) is 0 Å². The van der Waals surface area contributed by atoms with E-state index < -0.39 is 23.7 Å². The van der Waals surface area contributed by atoms with Gasteiger partial charge in [0.2, 0.25) is 5.95 Å². The molecule has 0 bridgehead atoms. The first-order chi connectivity index (χ1) is 17.3. The van der Waals surface area contributed by atoms with Crippen molar-refractivity contribution in [2.24, 2.45) is 0 Å². The Kier molecular flexibility index (Phi) is 7.59. The number of anilines is 1. The molecule has 2 atom stereocenters. The number of aliphatic hydroxyl groups is 1. The highest BCUT2D eigenvalue weighted by atomic mass is 32.1. The second kappa shape index (κ2) is 10.4. The van der Waals surface area contributed by atoms with Crippen molar-refractivity contribution in [1.82, 2.24) is 29.5 Å². The minimum atomic E-state index is -4.92. The molecule has 0 spiro atoms. The third-order valence-corrected chi connectivity index (χ3v) is 6.39. The van der Waals surface area contributed by atoms with E-state index in [-0.39, 0.29) is 56.0 Å². The molecule has 4 aromatic heterocycles. The van der Waals surface area contributed by atoms with Crippen molar-refractivity contribution in [3.05, 3.63) is 71.6 Å². The fraction of sp³-hybridized carbons (Fsp3) is 0.250. The zero-order valence-corrected chi connectivity index (χ0v) is 21.6. The molecule has 0 amide bonds. The topological polar surface area (TPSA) is 104 Å². The second-order valence-corrected chi connectivity index (χ2v) is 8.75. The van der Waals surface area contributed by atoms with E-state index >= 15 is 0 Å². The van der Waals surface area contributed by atoms with Crippen LogP contribution in [0.1, 0.15) is 29.3 Å². The number of aromatic amines is 1. The lowest BCUT2D eigenvalue weighted by molar-refractivity contribution is -0.206. The van der Waals surface area contributed by atoms with E-state index in [0.717, 1.165) is 52.4 Å². The molecule has 0 aliphatic heterocycles. The molecule has 14 heteroatoms. The van der Waals surface area contributed by atoms with E-state index in [0.29, 0.717) is 6.42 Å². The van der Waals surface area contributed by atoms with Crippen LogP contribution in [0.5, 0.6) is 0 Å². The maximum Gasteiger partial charge on any atom is 0.418 e. The number of nitrogens with zero attached hydrogens (tertiary/aromatic N) is 5. The zero-order valence-electron chi connectivity index (χ0n) is 19.6. The Morgan fingerprint density at radius 3 is 2.66 bits per heavy atom. The van der Waals surface area contributed by atoms with Gasteiger partial charge < -0.3 is 15.4 Å². The lowest BCUT2D eigenvalue weighted by Crippen LogP contribution is -2.29. The maximum atomic E-state index is 13.8. The number of nitrogens with one attached hydrogen (secondary N) is 2. The molecule has 0 fully saturated rings. The van der Waals surface area contributed by atoms with Gasteiger partial charge in [-0.15, -0.1) is 0 Å². The van der Waals surface area contributed by atoms with Gasteiger partial charge in [0.15, 0.2) is 17.6 Å². The van der Waals surface area contributed by atoms with Gasteiger partial charge in [0.1, 0.15) is 5.82 Å². The molecular weight excluding hydrogens is 542 g/mol. The molecule has 5 aromatic rings. The van der Waals surface area contributed by atoms with Gasteiger partial charge in [-0.05, 0) is 37.0 Å². The van der Waals surface area contributed by atoms with Crippen LogP contribution < -0.4 is 5.32 Å². The molecule has 1 aliphatic rings. The molecule has 1 aromatic carbocycles. The predicted octanol–water partition coefficient (Wildman–Crippen LogP) is 4.60. The smallest absolute Gasteiger partial charge is 0.379 e. The average molecular weight is 566 g/mol. The summed E-state index contributed by atoms with van der Waals surface area (Å²) in [6.07, 6.45) is -2.32. The van der Waals surface area contributed by atoms with E-state index in [9.17, 15) is 22.7 Å². The normalized spacial score (nSPS) is 16.0. The van der Waals surface area contributed by atoms with E-state index in [1.54, 1.807) is 0 Å². The third-order valence-electron chi connectivity index (χ3n) is 6.39. The van der Waals surface area contributed by atoms with Gasteiger partial charge in [0.25, 0.3) is 0 Å². The fourth-order valence-corrected chi connectivity index (χ4v) is 4.70. The molecule has 1 aliphatic carbocycles. The Labute approximate surface area is 227 Å². The average Bonchev–Trinajstić information content (AvgIpc) is 3.44. The van der Waals surface area contributed by atoms with Crippen molar-refractivity contribution in [3.8, 4) is 11.4 Å². The Morgan fingerprint density at radius 2 is 1.89 bits per heavy atom. The Hall–Kier alpha value is -3.36. The Morgan fingerprint density at radius 1 is 1.11 bits per heavy atom. The molecule has 0 saturated carbocycles. The standard InChI is InChI=1S/C24H19F4N7O.2H2S/c25-13-7-12(9-29-10-13)21-33-22-17(20(36)24(26,27)28)11-30-35(22)23(34-21)31-14-5-6-19-16(8-14)15-3-1-2-4-18(15)32-19;;/h1-4,7,9-11,14,20,32,36H,5-6,8H2,(H,31,33,34);2*1H2/t14?,20-;;/m0../s1. The van der Waals surface area contributed by atoms with Crippen molar-refractivity contribution in [2.75, 3.05) is 5.32 Å². The van der Waals surface area contributed by atoms with Crippen LogP contribution in [0.3, 0.4) is 0 Å². The summed E-state index contributed by atoms with van der Waals surface area (Å²) in [5.41, 5.74) is 2.79. The molecule has 3 N–H and O–H groups in total. The number of alkyl halides is 3. The third kappa shape index (κ3) is 4.90. The number of aryl methyl sites for hydroxylation is 1. The second-order valence-electron chi connectivity index (χ2n) is 8.75. The summed E-state index contributed by atoms with van der Waals surface area (Å²) in [5, 5.41) is 18.4. The quantitative estimate of drug-likeness (QED) is 0.275. The van der Waals surface area contributed by atoms with Crippen molar-refractivity contribution >= 4 is 49.5 Å². The summed E-state index contributed by atoms with van der Waals surface area (Å²) in [6, 6.07) is 9.03. The van der Waals surface area contributed by atoms with Crippen LogP contribution in [0.2, 0.25) is 0 Å². The van der Waals surface area contributed by atoms with Crippen LogP contribution in [0.4, 0.5) is 23.5 Å². The summed E-state index contributed by atoms with van der Waals surface area (Å²) < 4.78 is 54.9. The summed E-state index contributed by atoms with van der Waals surface area (Å²) in [5.74, 6) is -0.557. The van der Waals surface area contributed by atoms with Crippen molar-refractivity contribution in [2.45, 2.75) is 37.6 Å². The molecule has 200 valence electrons. The monoisotopic (exact) mass is 565 g/mol. The van der Waals surface area contributed by atoms with Crippen LogP contribution in [0.25, 0.3) is 27.9 Å². The van der Waals surface area contributed by atoms with Crippen LogP contribution in [0.15, 0.2) is 48.9 Å². The molecular formula is C24H23F4N7OS2. The summed E-state index contributed by atoms with van der Waals surface area (Å²) in [7, 11) is 0. The van der Waals surface area contributed by atoms with Crippen LogP contribution in [-0.4, -0.2) is 46.9 Å². The number of pyridine rings is 1. The van der Waals surface area contributed by atoms with Gasteiger partial charge in [-0.3, -0.25) is 4.98 Å². The van der Waals surface area contributed by atoms with E-state index in [1.807, 2.05) is 24.3 Å². The first-order valence-corrected chi connectivity index (χ1v) is 11.2. The van der Waals surface area contributed by atoms with Gasteiger partial charge in [-0.1, -0.05) is 18.2 Å². The highest BCUT2D eigenvalue weighted by molar-refractivity contribution is 7.59. The minimum absolute atomic E-state index is 0. The Bertz CT molecular complexity index is 1600. The molecule has 1 unspecified atom stereocenters. The van der Waals surface area contributed by atoms with Crippen LogP contribution in [0, 0.1) is 5.82 Å². The first-order valence-electron chi connectivity index (χ1n) is 11.2. The number of hydrogen-bond donors (Lipinski definition) is 3. The number of hydrogen-bond acceptors (Lipinski definition) is 6. The number of aliphatic hydroxyl groups excluding tert-OH is 1. The SMILES string of the molecule is O[C@@H](c1cnn2c(NC3CCc4[nH]c5ccccc5c4C3)nc(-c3cncc(F)c3)nc12)C(F)(F)F.S.S. The summed E-state index contributed by atoms with van der Waals surface area (Å²) >= 11 is 0. The van der Waals surface area contributed by atoms with E-state index in [2.05, 4.69) is 30.4 Å². The number of para-hydroxylation sites is 1. The number of H-pyrrole nitrogens is 1. The number of fused-ring (bicyclic) bond motifs is 4. The largest absolute Gasteiger partial charge is 0.418 e. The minimum Gasteiger partial charge on any atom is -0.379 e. The number of rotatable bonds is 4. The molecule has 0 radical (unpaired) electrons. The van der Waals surface area contributed by atoms with Gasteiger partial charge in [-0.2, -0.15) is 54.8 Å². The number of halogens is 4. The van der Waals surface area contributed by atoms with E-state index in [4.69, 9.17) is 0 Å². The van der Waals surface area contributed by atoms with Gasteiger partial charge in [-0.25, -0.2) is 9.37 Å². The first kappa shape index (κ1) is 27.7. The van der Waals surface area contributed by atoms with Crippen molar-refractivity contribution < 1.29 is 22.7 Å². The predicted molar refractivity (Wildman–Crippen MR) is 143 cm³/mol. The Balaban J connectivity index is 0.00000168. The van der Waals surface area contributed by atoms with E-state index in [1.165, 1.54) is 11.8 Å². The number of aromatic nitrogens is 6.